The molecule has 1 aliphatic rings. The van der Waals surface area contributed by atoms with Crippen LogP contribution in [0.1, 0.15) is 25.8 Å². The van der Waals surface area contributed by atoms with Crippen LogP contribution in [0.15, 0.2) is 29.4 Å². The molecule has 1 atom stereocenters. The first kappa shape index (κ1) is 13.6. The van der Waals surface area contributed by atoms with Gasteiger partial charge in [-0.25, -0.2) is 5.01 Å². The molecule has 0 saturated heterocycles. The molecule has 0 aliphatic carbocycles. The van der Waals surface area contributed by atoms with E-state index in [2.05, 4.69) is 5.10 Å². The Labute approximate surface area is 108 Å². The first-order valence-corrected chi connectivity index (χ1v) is 5.93. The van der Waals surface area contributed by atoms with Crippen molar-refractivity contribution in [3.05, 3.63) is 29.8 Å². The van der Waals surface area contributed by atoms with Crippen LogP contribution in [-0.4, -0.2) is 11.6 Å². The molecule has 3 nitrogen and oxygen atoms in total. The van der Waals surface area contributed by atoms with Crippen molar-refractivity contribution in [3.63, 3.8) is 0 Å². The van der Waals surface area contributed by atoms with Gasteiger partial charge in [0.25, 0.3) is 5.91 Å². The molecule has 1 aliphatic heterocycles. The minimum absolute atomic E-state index is 0.211. The lowest BCUT2D eigenvalue weighted by Gasteiger charge is -2.14. The Hall–Kier alpha value is -1.85. The fourth-order valence-corrected chi connectivity index (χ4v) is 1.94. The molecule has 0 spiro atoms. The molecule has 1 amide bonds. The number of alkyl halides is 3. The molecule has 0 aromatic heterocycles. The zero-order chi connectivity index (χ0) is 14.2. The Balaban J connectivity index is 2.29. The Morgan fingerprint density at radius 3 is 2.26 bits per heavy atom. The highest BCUT2D eigenvalue weighted by molar-refractivity contribution is 6.15. The Morgan fingerprint density at radius 2 is 1.84 bits per heavy atom. The molecule has 1 aromatic carbocycles. The Morgan fingerprint density at radius 1 is 1.26 bits per heavy atom. The summed E-state index contributed by atoms with van der Waals surface area (Å²) in [6.45, 7) is 3.63. The van der Waals surface area contributed by atoms with Crippen LogP contribution in [-0.2, 0) is 11.0 Å². The molecule has 6 heteroatoms. The summed E-state index contributed by atoms with van der Waals surface area (Å²) in [6.07, 6.45) is -3.73. The van der Waals surface area contributed by atoms with Gasteiger partial charge in [-0.05, 0) is 37.6 Å². The minimum Gasteiger partial charge on any atom is -0.272 e. The largest absolute Gasteiger partial charge is 0.416 e. The van der Waals surface area contributed by atoms with Gasteiger partial charge in [0.1, 0.15) is 0 Å². The Bertz CT molecular complexity index is 520. The second-order valence-corrected chi connectivity index (χ2v) is 4.36. The Kier molecular flexibility index (Phi) is 3.34. The van der Waals surface area contributed by atoms with Crippen molar-refractivity contribution in [2.75, 3.05) is 5.01 Å². The van der Waals surface area contributed by atoms with E-state index in [0.29, 0.717) is 12.1 Å². The molecule has 0 fully saturated rings. The van der Waals surface area contributed by atoms with Gasteiger partial charge >= 0.3 is 6.18 Å². The zero-order valence-electron chi connectivity index (χ0n) is 10.5. The highest BCUT2D eigenvalue weighted by Crippen LogP contribution is 2.32. The number of benzene rings is 1. The second kappa shape index (κ2) is 4.68. The van der Waals surface area contributed by atoms with Crippen LogP contribution in [0.5, 0.6) is 0 Å². The van der Waals surface area contributed by atoms with Gasteiger partial charge in [0, 0.05) is 0 Å². The number of carbonyl (C=O) groups is 1. The average molecular weight is 270 g/mol. The van der Waals surface area contributed by atoms with Gasteiger partial charge < -0.3 is 0 Å². The van der Waals surface area contributed by atoms with E-state index in [1.807, 2.05) is 6.92 Å². The van der Waals surface area contributed by atoms with Crippen molar-refractivity contribution in [1.82, 2.24) is 0 Å². The predicted molar refractivity (Wildman–Crippen MR) is 65.8 cm³/mol. The third-order valence-electron chi connectivity index (χ3n) is 3.11. The van der Waals surface area contributed by atoms with E-state index in [9.17, 15) is 18.0 Å². The average Bonchev–Trinajstić information content (AvgIpc) is 2.65. The number of hydrazone groups is 1. The van der Waals surface area contributed by atoms with Crippen molar-refractivity contribution in [3.8, 4) is 0 Å². The molecule has 0 saturated carbocycles. The summed E-state index contributed by atoms with van der Waals surface area (Å²) in [5.41, 5.74) is 0.355. The predicted octanol–water partition coefficient (Wildman–Crippen LogP) is 3.45. The van der Waals surface area contributed by atoms with Crippen LogP contribution in [0.3, 0.4) is 0 Å². The van der Waals surface area contributed by atoms with Gasteiger partial charge in [-0.15, -0.1) is 0 Å². The number of amides is 1. The van der Waals surface area contributed by atoms with Crippen molar-refractivity contribution in [1.29, 1.82) is 0 Å². The number of hydrogen-bond donors (Lipinski definition) is 0. The molecule has 0 N–H and O–H groups in total. The highest BCUT2D eigenvalue weighted by atomic mass is 19.4. The number of hydrogen-bond acceptors (Lipinski definition) is 2. The lowest BCUT2D eigenvalue weighted by Crippen LogP contribution is -2.25. The quantitative estimate of drug-likeness (QED) is 0.810. The van der Waals surface area contributed by atoms with Crippen LogP contribution < -0.4 is 5.01 Å². The summed E-state index contributed by atoms with van der Waals surface area (Å²) >= 11 is 0. The van der Waals surface area contributed by atoms with Crippen LogP contribution in [0.2, 0.25) is 0 Å². The van der Waals surface area contributed by atoms with Crippen LogP contribution >= 0.6 is 0 Å². The monoisotopic (exact) mass is 270 g/mol. The number of halogens is 3. The van der Waals surface area contributed by atoms with Gasteiger partial charge in [0.2, 0.25) is 0 Å². The minimum atomic E-state index is -4.38. The second-order valence-electron chi connectivity index (χ2n) is 4.36. The highest BCUT2D eigenvalue weighted by Gasteiger charge is 2.33. The summed E-state index contributed by atoms with van der Waals surface area (Å²) in [7, 11) is 0. The molecule has 1 heterocycles. The summed E-state index contributed by atoms with van der Waals surface area (Å²) in [6, 6.07) is 4.42. The maximum atomic E-state index is 12.4. The molecule has 19 heavy (non-hydrogen) atoms. The summed E-state index contributed by atoms with van der Waals surface area (Å²) in [5.74, 6) is -0.524. The fraction of sp³-hybridized carbons (Fsp3) is 0.385. The number of carbonyl (C=O) groups excluding carboxylic acids is 1. The van der Waals surface area contributed by atoms with Gasteiger partial charge in [-0.3, -0.25) is 4.79 Å². The third-order valence-corrected chi connectivity index (χ3v) is 3.11. The molecular weight excluding hydrogens is 257 g/mol. The van der Waals surface area contributed by atoms with Crippen LogP contribution in [0.25, 0.3) is 0 Å². The standard InChI is InChI=1S/C13H13F3N2O/c1-3-11-8(2)12(19)18(17-11)10-6-4-9(5-7-10)13(14,15)16/h4-8H,3H2,1-2H3. The van der Waals surface area contributed by atoms with Gasteiger partial charge in [0.15, 0.2) is 0 Å². The topological polar surface area (TPSA) is 32.7 Å². The van der Waals surface area contributed by atoms with E-state index in [0.717, 1.165) is 17.8 Å². The smallest absolute Gasteiger partial charge is 0.272 e. The summed E-state index contributed by atoms with van der Waals surface area (Å²) < 4.78 is 37.3. The van der Waals surface area contributed by atoms with Gasteiger partial charge in [-0.2, -0.15) is 18.3 Å². The van der Waals surface area contributed by atoms with E-state index >= 15 is 0 Å². The fourth-order valence-electron chi connectivity index (χ4n) is 1.94. The zero-order valence-corrected chi connectivity index (χ0v) is 10.5. The maximum Gasteiger partial charge on any atom is 0.416 e. The molecule has 1 unspecified atom stereocenters. The van der Waals surface area contributed by atoms with Crippen molar-refractivity contribution in [2.24, 2.45) is 11.0 Å². The summed E-state index contributed by atoms with van der Waals surface area (Å²) in [4.78, 5) is 11.9. The number of rotatable bonds is 2. The molecular formula is C13H13F3N2O. The van der Waals surface area contributed by atoms with Crippen LogP contribution in [0, 0.1) is 5.92 Å². The SMILES string of the molecule is CCC1=NN(c2ccc(C(F)(F)F)cc2)C(=O)C1C. The molecule has 0 bridgehead atoms. The third kappa shape index (κ3) is 2.47. The van der Waals surface area contributed by atoms with E-state index in [4.69, 9.17) is 0 Å². The van der Waals surface area contributed by atoms with E-state index in [1.165, 1.54) is 17.1 Å². The lowest BCUT2D eigenvalue weighted by atomic mass is 10.0. The molecule has 1 aromatic rings. The van der Waals surface area contributed by atoms with Crippen molar-refractivity contribution >= 4 is 17.3 Å². The van der Waals surface area contributed by atoms with E-state index < -0.39 is 11.7 Å². The number of nitrogens with zero attached hydrogens (tertiary/aromatic N) is 2. The van der Waals surface area contributed by atoms with Gasteiger partial charge in [0.05, 0.1) is 22.9 Å². The van der Waals surface area contributed by atoms with Crippen molar-refractivity contribution in [2.45, 2.75) is 26.4 Å². The van der Waals surface area contributed by atoms with E-state index in [-0.39, 0.29) is 11.8 Å². The number of anilines is 1. The first-order valence-electron chi connectivity index (χ1n) is 5.93. The maximum absolute atomic E-state index is 12.4. The lowest BCUT2D eigenvalue weighted by molar-refractivity contribution is -0.137. The first-order chi connectivity index (χ1) is 8.84. The van der Waals surface area contributed by atoms with Gasteiger partial charge in [-0.1, -0.05) is 6.92 Å². The normalized spacial score (nSPS) is 19.8. The molecule has 0 radical (unpaired) electrons. The molecule has 2 rings (SSSR count). The van der Waals surface area contributed by atoms with E-state index in [1.54, 1.807) is 6.92 Å². The molecule has 102 valence electrons. The summed E-state index contributed by atoms with van der Waals surface area (Å²) in [5, 5.41) is 5.32. The van der Waals surface area contributed by atoms with Crippen LogP contribution in [0.4, 0.5) is 18.9 Å². The van der Waals surface area contributed by atoms with Crippen molar-refractivity contribution < 1.29 is 18.0 Å².